The summed E-state index contributed by atoms with van der Waals surface area (Å²) in [5.74, 6) is 4.41. The molecule has 0 N–H and O–H groups in total. The molecule has 0 aromatic rings. The third-order valence-electron chi connectivity index (χ3n) is 1.21. The van der Waals surface area contributed by atoms with Gasteiger partial charge in [-0.25, -0.2) is 4.79 Å². The number of terminal acetylenes is 2. The van der Waals surface area contributed by atoms with Crippen molar-refractivity contribution in [3.63, 3.8) is 0 Å². The number of nitrogens with zero attached hydrogens (tertiary/aromatic N) is 1. The van der Waals surface area contributed by atoms with Crippen molar-refractivity contribution in [2.45, 2.75) is 0 Å². The van der Waals surface area contributed by atoms with E-state index in [1.807, 2.05) is 0 Å². The summed E-state index contributed by atoms with van der Waals surface area (Å²) < 4.78 is 4.40. The highest BCUT2D eigenvalue weighted by Crippen LogP contribution is 1.88. The van der Waals surface area contributed by atoms with E-state index in [0.29, 0.717) is 13.1 Å². The molecule has 0 aliphatic carbocycles. The van der Waals surface area contributed by atoms with Crippen LogP contribution in [-0.4, -0.2) is 31.1 Å². The highest BCUT2D eigenvalue weighted by Gasteiger charge is 1.95. The van der Waals surface area contributed by atoms with Crippen LogP contribution in [-0.2, 0) is 9.53 Å². The lowest BCUT2D eigenvalue weighted by molar-refractivity contribution is -0.134. The van der Waals surface area contributed by atoms with Crippen LogP contribution in [0.2, 0.25) is 0 Å². The van der Waals surface area contributed by atoms with Crippen LogP contribution >= 0.6 is 0 Å². The second kappa shape index (κ2) is 6.82. The minimum atomic E-state index is -0.431. The number of carbonyl (C=O) groups is 1. The average molecular weight is 177 g/mol. The lowest BCUT2D eigenvalue weighted by Gasteiger charge is -2.12. The third-order valence-corrected chi connectivity index (χ3v) is 1.21. The minimum Gasteiger partial charge on any atom is -0.466 e. The standard InChI is InChI=1S/C10H11NO2/c1-4-7-11(8-5-2)9-6-10(12)13-3/h1-2,6,9H,7-8H2,3H3. The molecule has 0 unspecified atom stereocenters. The Morgan fingerprint density at radius 3 is 2.38 bits per heavy atom. The fourth-order valence-corrected chi connectivity index (χ4v) is 0.630. The summed E-state index contributed by atoms with van der Waals surface area (Å²) >= 11 is 0. The topological polar surface area (TPSA) is 29.5 Å². The van der Waals surface area contributed by atoms with Crippen LogP contribution in [0, 0.1) is 24.7 Å². The predicted molar refractivity (Wildman–Crippen MR) is 50.4 cm³/mol. The zero-order valence-corrected chi connectivity index (χ0v) is 7.49. The molecule has 13 heavy (non-hydrogen) atoms. The lowest BCUT2D eigenvalue weighted by Crippen LogP contribution is -2.18. The Morgan fingerprint density at radius 2 is 2.00 bits per heavy atom. The SMILES string of the molecule is C#CCN(C=CC(=O)OC)CC#C. The number of hydrogen-bond donors (Lipinski definition) is 0. The van der Waals surface area contributed by atoms with E-state index in [4.69, 9.17) is 12.8 Å². The van der Waals surface area contributed by atoms with Gasteiger partial charge in [0.05, 0.1) is 20.2 Å². The van der Waals surface area contributed by atoms with Gasteiger partial charge in [-0.05, 0) is 0 Å². The van der Waals surface area contributed by atoms with Gasteiger partial charge in [-0.3, -0.25) is 0 Å². The molecule has 0 spiro atoms. The maximum atomic E-state index is 10.7. The molecule has 0 rings (SSSR count). The normalized spacial score (nSPS) is 8.85. The smallest absolute Gasteiger partial charge is 0.331 e. The number of hydrogen-bond acceptors (Lipinski definition) is 3. The largest absolute Gasteiger partial charge is 0.466 e. The summed E-state index contributed by atoms with van der Waals surface area (Å²) in [6.45, 7) is 0.745. The van der Waals surface area contributed by atoms with Crippen molar-refractivity contribution < 1.29 is 9.53 Å². The van der Waals surface area contributed by atoms with Gasteiger partial charge in [-0.15, -0.1) is 12.8 Å². The minimum absolute atomic E-state index is 0.373. The van der Waals surface area contributed by atoms with Crippen LogP contribution in [0.15, 0.2) is 12.3 Å². The van der Waals surface area contributed by atoms with E-state index in [0.717, 1.165) is 0 Å². The van der Waals surface area contributed by atoms with Crippen molar-refractivity contribution in [1.82, 2.24) is 4.90 Å². The summed E-state index contributed by atoms with van der Waals surface area (Å²) in [5.41, 5.74) is 0. The first kappa shape index (κ1) is 11.1. The Balaban J connectivity index is 4.10. The van der Waals surface area contributed by atoms with Crippen molar-refractivity contribution in [1.29, 1.82) is 0 Å². The van der Waals surface area contributed by atoms with Crippen LogP contribution < -0.4 is 0 Å². The molecule has 0 aromatic heterocycles. The van der Waals surface area contributed by atoms with E-state index in [2.05, 4.69) is 16.6 Å². The highest BCUT2D eigenvalue weighted by atomic mass is 16.5. The maximum absolute atomic E-state index is 10.7. The molecule has 68 valence electrons. The number of methoxy groups -OCH3 is 1. The molecule has 0 saturated heterocycles. The van der Waals surface area contributed by atoms with Crippen molar-refractivity contribution in [3.8, 4) is 24.7 Å². The van der Waals surface area contributed by atoms with Crippen molar-refractivity contribution in [2.24, 2.45) is 0 Å². The summed E-state index contributed by atoms with van der Waals surface area (Å²) in [6.07, 6.45) is 13.0. The second-order valence-electron chi connectivity index (χ2n) is 2.15. The summed E-state index contributed by atoms with van der Waals surface area (Å²) in [6, 6.07) is 0. The Bertz CT molecular complexity index is 252. The first-order chi connectivity index (χ1) is 6.24. The summed E-state index contributed by atoms with van der Waals surface area (Å²) in [5, 5.41) is 0. The van der Waals surface area contributed by atoms with Gasteiger partial charge in [0.1, 0.15) is 0 Å². The average Bonchev–Trinajstić information content (AvgIpc) is 2.14. The molecule has 0 fully saturated rings. The Morgan fingerprint density at radius 1 is 1.46 bits per heavy atom. The Kier molecular flexibility index (Phi) is 5.84. The molecule has 0 aromatic carbocycles. The molecular weight excluding hydrogens is 166 g/mol. The summed E-state index contributed by atoms with van der Waals surface area (Å²) in [4.78, 5) is 12.3. The van der Waals surface area contributed by atoms with E-state index in [9.17, 15) is 4.79 Å². The van der Waals surface area contributed by atoms with Crippen molar-refractivity contribution >= 4 is 5.97 Å². The van der Waals surface area contributed by atoms with Gasteiger partial charge in [0.2, 0.25) is 0 Å². The maximum Gasteiger partial charge on any atom is 0.331 e. The lowest BCUT2D eigenvalue weighted by atomic mass is 10.5. The first-order valence-electron chi connectivity index (χ1n) is 3.61. The van der Waals surface area contributed by atoms with E-state index < -0.39 is 5.97 Å². The van der Waals surface area contributed by atoms with Gasteiger partial charge < -0.3 is 9.64 Å². The molecule has 0 radical (unpaired) electrons. The number of esters is 1. The van der Waals surface area contributed by atoms with E-state index in [1.165, 1.54) is 19.4 Å². The van der Waals surface area contributed by atoms with Crippen LogP contribution in [0.3, 0.4) is 0 Å². The molecule has 0 aliphatic rings. The molecular formula is C10H11NO2. The highest BCUT2D eigenvalue weighted by molar-refractivity contribution is 5.81. The molecule has 3 nitrogen and oxygen atoms in total. The zero-order valence-electron chi connectivity index (χ0n) is 7.49. The number of carbonyl (C=O) groups excluding carboxylic acids is 1. The fraction of sp³-hybridized carbons (Fsp3) is 0.300. The monoisotopic (exact) mass is 177 g/mol. The quantitative estimate of drug-likeness (QED) is 0.350. The molecule has 0 aliphatic heterocycles. The van der Waals surface area contributed by atoms with E-state index in [1.54, 1.807) is 4.90 Å². The van der Waals surface area contributed by atoms with E-state index in [-0.39, 0.29) is 0 Å². The van der Waals surface area contributed by atoms with Gasteiger partial charge in [0, 0.05) is 12.3 Å². The molecule has 0 heterocycles. The first-order valence-corrected chi connectivity index (χ1v) is 3.61. The van der Waals surface area contributed by atoms with Crippen molar-refractivity contribution in [2.75, 3.05) is 20.2 Å². The fourth-order valence-electron chi connectivity index (χ4n) is 0.630. The van der Waals surface area contributed by atoms with Gasteiger partial charge in [-0.1, -0.05) is 11.8 Å². The predicted octanol–water partition coefficient (Wildman–Crippen LogP) is 0.242. The molecule has 3 heteroatoms. The van der Waals surface area contributed by atoms with Crippen LogP contribution in [0.1, 0.15) is 0 Å². The van der Waals surface area contributed by atoms with Crippen LogP contribution in [0.5, 0.6) is 0 Å². The molecule has 0 amide bonds. The second-order valence-corrected chi connectivity index (χ2v) is 2.15. The molecule has 0 atom stereocenters. The van der Waals surface area contributed by atoms with Gasteiger partial charge in [-0.2, -0.15) is 0 Å². The van der Waals surface area contributed by atoms with Crippen LogP contribution in [0.4, 0.5) is 0 Å². The van der Waals surface area contributed by atoms with E-state index >= 15 is 0 Å². The van der Waals surface area contributed by atoms with Gasteiger partial charge in [0.25, 0.3) is 0 Å². The van der Waals surface area contributed by atoms with Gasteiger partial charge in [0.15, 0.2) is 0 Å². The van der Waals surface area contributed by atoms with Gasteiger partial charge >= 0.3 is 5.97 Å². The Hall–Kier alpha value is -1.87. The third kappa shape index (κ3) is 5.41. The number of rotatable bonds is 4. The van der Waals surface area contributed by atoms with Crippen molar-refractivity contribution in [3.05, 3.63) is 12.3 Å². The zero-order chi connectivity index (χ0) is 10.1. The number of ether oxygens (including phenoxy) is 1. The Labute approximate surface area is 78.4 Å². The summed E-state index contributed by atoms with van der Waals surface area (Å²) in [7, 11) is 1.30. The molecule has 0 bridgehead atoms. The molecule has 0 saturated carbocycles. The van der Waals surface area contributed by atoms with Crippen LogP contribution in [0.25, 0.3) is 0 Å².